The molecule has 0 unspecified atom stereocenters. The van der Waals surface area contributed by atoms with E-state index in [-0.39, 0.29) is 11.1 Å². The minimum Gasteiger partial charge on any atom is -0.497 e. The molecule has 4 aromatic carbocycles. The number of esters is 2. The van der Waals surface area contributed by atoms with Crippen LogP contribution in [0.1, 0.15) is 37.4 Å². The van der Waals surface area contributed by atoms with E-state index in [0.29, 0.717) is 33.6 Å². The fourth-order valence-corrected chi connectivity index (χ4v) is 4.87. The summed E-state index contributed by atoms with van der Waals surface area (Å²) in [4.78, 5) is 26.0. The molecule has 38 heavy (non-hydrogen) atoms. The van der Waals surface area contributed by atoms with Crippen LogP contribution in [0.4, 0.5) is 0 Å². The third-order valence-corrected chi connectivity index (χ3v) is 6.77. The first-order valence-corrected chi connectivity index (χ1v) is 11.9. The summed E-state index contributed by atoms with van der Waals surface area (Å²) in [6.07, 6.45) is 3.68. The van der Waals surface area contributed by atoms with Crippen LogP contribution in [0.25, 0.3) is 16.8 Å². The fourth-order valence-electron chi connectivity index (χ4n) is 4.87. The number of fused-ring (bicyclic) bond motifs is 3. The molecule has 0 bridgehead atoms. The van der Waals surface area contributed by atoms with E-state index in [2.05, 4.69) is 0 Å². The minimum atomic E-state index is -1.06. The van der Waals surface area contributed by atoms with Gasteiger partial charge in [-0.1, -0.05) is 48.5 Å². The topological polar surface area (TPSA) is 80.3 Å². The van der Waals surface area contributed by atoms with Crippen molar-refractivity contribution in [3.63, 3.8) is 0 Å². The van der Waals surface area contributed by atoms with E-state index in [9.17, 15) is 9.59 Å². The standard InChI is InChI=1S/C31H26O7/c1-34-21-13-9-19(10-14-21)31(20-11-15-22(35-2)16-12-20)18-17-25-27(30(33)37-4)26(29(32)36-3)23-7-5-6-8-24(23)28(25)38-31/h5-18H,1-4H3. The van der Waals surface area contributed by atoms with Crippen molar-refractivity contribution < 1.29 is 33.3 Å². The molecule has 0 saturated carbocycles. The van der Waals surface area contributed by atoms with Gasteiger partial charge < -0.3 is 23.7 Å². The Labute approximate surface area is 220 Å². The van der Waals surface area contributed by atoms with Gasteiger partial charge >= 0.3 is 11.9 Å². The van der Waals surface area contributed by atoms with E-state index in [4.69, 9.17) is 23.7 Å². The number of ether oxygens (including phenoxy) is 5. The van der Waals surface area contributed by atoms with Crippen LogP contribution >= 0.6 is 0 Å². The molecular formula is C31H26O7. The van der Waals surface area contributed by atoms with Crippen LogP contribution in [-0.2, 0) is 15.1 Å². The van der Waals surface area contributed by atoms with Gasteiger partial charge in [-0.25, -0.2) is 9.59 Å². The van der Waals surface area contributed by atoms with E-state index < -0.39 is 17.5 Å². The molecule has 192 valence electrons. The average Bonchev–Trinajstić information content (AvgIpc) is 2.99. The number of hydrogen-bond acceptors (Lipinski definition) is 7. The summed E-state index contributed by atoms with van der Waals surface area (Å²) in [5.41, 5.74) is 1.27. The van der Waals surface area contributed by atoms with Crippen molar-refractivity contribution in [3.8, 4) is 17.2 Å². The maximum atomic E-state index is 13.1. The Balaban J connectivity index is 1.83. The Bertz CT molecular complexity index is 1500. The first kappa shape index (κ1) is 24.9. The van der Waals surface area contributed by atoms with E-state index >= 15 is 0 Å². The van der Waals surface area contributed by atoms with E-state index in [1.54, 1.807) is 32.4 Å². The third-order valence-electron chi connectivity index (χ3n) is 6.77. The Morgan fingerprint density at radius 2 is 1.16 bits per heavy atom. The largest absolute Gasteiger partial charge is 0.497 e. The maximum absolute atomic E-state index is 13.1. The highest BCUT2D eigenvalue weighted by atomic mass is 16.5. The Morgan fingerprint density at radius 3 is 1.66 bits per heavy atom. The zero-order valence-electron chi connectivity index (χ0n) is 21.4. The van der Waals surface area contributed by atoms with Crippen LogP contribution in [0.5, 0.6) is 17.2 Å². The molecule has 0 aromatic heterocycles. The predicted molar refractivity (Wildman–Crippen MR) is 143 cm³/mol. The van der Waals surface area contributed by atoms with Crippen LogP contribution in [0, 0.1) is 0 Å². The molecular weight excluding hydrogens is 484 g/mol. The van der Waals surface area contributed by atoms with Gasteiger partial charge in [-0.05, 0) is 36.4 Å². The van der Waals surface area contributed by atoms with Crippen molar-refractivity contribution in [2.75, 3.05) is 28.4 Å². The summed E-state index contributed by atoms with van der Waals surface area (Å²) < 4.78 is 27.8. The normalized spacial score (nSPS) is 13.3. The molecule has 1 heterocycles. The summed E-state index contributed by atoms with van der Waals surface area (Å²) >= 11 is 0. The molecule has 0 spiro atoms. The lowest BCUT2D eigenvalue weighted by Crippen LogP contribution is -2.35. The predicted octanol–water partition coefficient (Wildman–Crippen LogP) is 5.78. The summed E-state index contributed by atoms with van der Waals surface area (Å²) in [6, 6.07) is 22.5. The van der Waals surface area contributed by atoms with Crippen molar-refractivity contribution in [1.29, 1.82) is 0 Å². The summed E-state index contributed by atoms with van der Waals surface area (Å²) in [6.45, 7) is 0. The summed E-state index contributed by atoms with van der Waals surface area (Å²) in [7, 11) is 5.78. The average molecular weight is 511 g/mol. The summed E-state index contributed by atoms with van der Waals surface area (Å²) in [5, 5.41) is 1.18. The molecule has 0 saturated heterocycles. The van der Waals surface area contributed by atoms with Crippen molar-refractivity contribution in [2.24, 2.45) is 0 Å². The van der Waals surface area contributed by atoms with Gasteiger partial charge in [0.25, 0.3) is 0 Å². The second-order valence-corrected chi connectivity index (χ2v) is 8.65. The van der Waals surface area contributed by atoms with Gasteiger partial charge in [0, 0.05) is 27.5 Å². The lowest BCUT2D eigenvalue weighted by Gasteiger charge is -2.37. The maximum Gasteiger partial charge on any atom is 0.339 e. The molecule has 0 amide bonds. The highest BCUT2D eigenvalue weighted by molar-refractivity contribution is 6.17. The van der Waals surface area contributed by atoms with Crippen LogP contribution in [0.15, 0.2) is 78.9 Å². The van der Waals surface area contributed by atoms with Gasteiger partial charge in [-0.3, -0.25) is 0 Å². The Hall–Kier alpha value is -4.78. The molecule has 1 aliphatic heterocycles. The number of carbonyl (C=O) groups excluding carboxylic acids is 2. The lowest BCUT2D eigenvalue weighted by atomic mass is 9.81. The van der Waals surface area contributed by atoms with Gasteiger partial charge in [0.05, 0.1) is 39.6 Å². The Kier molecular flexibility index (Phi) is 6.51. The zero-order valence-corrected chi connectivity index (χ0v) is 21.4. The number of methoxy groups -OCH3 is 4. The molecule has 0 N–H and O–H groups in total. The first-order chi connectivity index (χ1) is 18.5. The number of rotatable bonds is 6. The number of carbonyl (C=O) groups is 2. The quantitative estimate of drug-likeness (QED) is 0.304. The summed E-state index contributed by atoms with van der Waals surface area (Å²) in [5.74, 6) is 0.560. The second kappa shape index (κ2) is 9.94. The molecule has 0 atom stereocenters. The van der Waals surface area contributed by atoms with Crippen molar-refractivity contribution in [1.82, 2.24) is 0 Å². The highest BCUT2D eigenvalue weighted by Crippen LogP contribution is 2.48. The monoisotopic (exact) mass is 510 g/mol. The third kappa shape index (κ3) is 3.93. The van der Waals surface area contributed by atoms with E-state index in [0.717, 1.165) is 11.1 Å². The van der Waals surface area contributed by atoms with Crippen LogP contribution < -0.4 is 14.2 Å². The van der Waals surface area contributed by atoms with Crippen molar-refractivity contribution in [2.45, 2.75) is 5.60 Å². The molecule has 0 radical (unpaired) electrons. The molecule has 0 aliphatic carbocycles. The van der Waals surface area contributed by atoms with Crippen molar-refractivity contribution in [3.05, 3.63) is 107 Å². The molecule has 5 rings (SSSR count). The SMILES string of the molecule is COC(=O)c1c2c(c3ccccc3c1C(=O)OC)OC(c1ccc(OC)cc1)(c1ccc(OC)cc1)C=C2. The second-order valence-electron chi connectivity index (χ2n) is 8.65. The number of hydrogen-bond donors (Lipinski definition) is 0. The van der Waals surface area contributed by atoms with Gasteiger partial charge in [-0.15, -0.1) is 0 Å². The van der Waals surface area contributed by atoms with Gasteiger partial charge in [-0.2, -0.15) is 0 Å². The lowest BCUT2D eigenvalue weighted by molar-refractivity contribution is 0.0555. The van der Waals surface area contributed by atoms with Crippen LogP contribution in [-0.4, -0.2) is 40.4 Å². The minimum absolute atomic E-state index is 0.0855. The smallest absolute Gasteiger partial charge is 0.339 e. The molecule has 7 heteroatoms. The molecule has 4 aromatic rings. The molecule has 0 fully saturated rings. The van der Waals surface area contributed by atoms with Crippen LogP contribution in [0.2, 0.25) is 0 Å². The molecule has 1 aliphatic rings. The van der Waals surface area contributed by atoms with Gasteiger partial charge in [0.1, 0.15) is 17.2 Å². The zero-order chi connectivity index (χ0) is 26.9. The van der Waals surface area contributed by atoms with E-state index in [1.165, 1.54) is 14.2 Å². The van der Waals surface area contributed by atoms with Crippen LogP contribution in [0.3, 0.4) is 0 Å². The van der Waals surface area contributed by atoms with Gasteiger partial charge in [0.15, 0.2) is 5.60 Å². The van der Waals surface area contributed by atoms with Crippen molar-refractivity contribution >= 4 is 28.8 Å². The number of benzene rings is 4. The first-order valence-electron chi connectivity index (χ1n) is 11.9. The molecule has 7 nitrogen and oxygen atoms in total. The highest BCUT2D eigenvalue weighted by Gasteiger charge is 2.40. The Morgan fingerprint density at radius 1 is 0.658 bits per heavy atom. The van der Waals surface area contributed by atoms with Gasteiger partial charge in [0.2, 0.25) is 0 Å². The van der Waals surface area contributed by atoms with E-state index in [1.807, 2.05) is 66.7 Å². The fraction of sp³-hybridized carbons (Fsp3) is 0.161.